The fourth-order valence-corrected chi connectivity index (χ4v) is 2.65. The number of nitrogens with zero attached hydrogens (tertiary/aromatic N) is 2. The Hall–Kier alpha value is -1.81. The molecule has 1 aromatic heterocycles. The van der Waals surface area contributed by atoms with Gasteiger partial charge in [-0.3, -0.25) is 0 Å². The monoisotopic (exact) mass is 258 g/mol. The van der Waals surface area contributed by atoms with E-state index in [0.29, 0.717) is 11.7 Å². The van der Waals surface area contributed by atoms with Crippen LogP contribution in [-0.2, 0) is 11.3 Å². The molecule has 2 aromatic rings. The Morgan fingerprint density at radius 2 is 2.16 bits per heavy atom. The molecule has 19 heavy (non-hydrogen) atoms. The van der Waals surface area contributed by atoms with Crippen molar-refractivity contribution in [1.29, 1.82) is 0 Å². The van der Waals surface area contributed by atoms with E-state index in [1.165, 1.54) is 0 Å². The van der Waals surface area contributed by atoms with E-state index < -0.39 is 0 Å². The first kappa shape index (κ1) is 12.2. The van der Waals surface area contributed by atoms with Crippen LogP contribution in [0.3, 0.4) is 0 Å². The zero-order valence-corrected chi connectivity index (χ0v) is 10.8. The summed E-state index contributed by atoms with van der Waals surface area (Å²) in [5.41, 5.74) is 1.15. The third-order valence-electron chi connectivity index (χ3n) is 3.69. The lowest BCUT2D eigenvalue weighted by Gasteiger charge is -2.30. The van der Waals surface area contributed by atoms with Gasteiger partial charge in [-0.25, -0.2) is 4.98 Å². The summed E-state index contributed by atoms with van der Waals surface area (Å²) in [5.74, 6) is 0.913. The normalized spacial score (nSPS) is 23.4. The summed E-state index contributed by atoms with van der Waals surface area (Å²) in [6, 6.07) is 7.33. The van der Waals surface area contributed by atoms with Gasteiger partial charge in [-0.1, -0.05) is 12.1 Å². The standard InChI is InChI=1S/C15H18N2O2/c18-14-3-1-13(2-4-14)15-9-12(5-8-19-15)10-17-7-6-16-11-17/h1-4,6-7,11-12,15,18H,5,8-10H2. The van der Waals surface area contributed by atoms with Crippen LogP contribution >= 0.6 is 0 Å². The highest BCUT2D eigenvalue weighted by molar-refractivity contribution is 5.27. The Balaban J connectivity index is 1.66. The molecule has 2 heterocycles. The predicted octanol–water partition coefficient (Wildman–Crippen LogP) is 2.76. The average molecular weight is 258 g/mol. The van der Waals surface area contributed by atoms with Crippen LogP contribution in [0.2, 0.25) is 0 Å². The van der Waals surface area contributed by atoms with E-state index in [4.69, 9.17) is 4.74 Å². The number of hydrogen-bond acceptors (Lipinski definition) is 3. The molecule has 3 rings (SSSR count). The number of aromatic hydroxyl groups is 1. The lowest BCUT2D eigenvalue weighted by atomic mass is 9.92. The van der Waals surface area contributed by atoms with E-state index in [1.807, 2.05) is 30.9 Å². The van der Waals surface area contributed by atoms with Crippen LogP contribution < -0.4 is 0 Å². The lowest BCUT2D eigenvalue weighted by molar-refractivity contribution is -0.0139. The topological polar surface area (TPSA) is 47.3 Å². The van der Waals surface area contributed by atoms with Crippen LogP contribution in [0.1, 0.15) is 24.5 Å². The van der Waals surface area contributed by atoms with Crippen molar-refractivity contribution >= 4 is 0 Å². The molecule has 2 unspecified atom stereocenters. The molecule has 1 fully saturated rings. The van der Waals surface area contributed by atoms with Gasteiger partial charge in [0.05, 0.1) is 12.4 Å². The Kier molecular flexibility index (Phi) is 3.51. The molecule has 4 nitrogen and oxygen atoms in total. The number of hydrogen-bond donors (Lipinski definition) is 1. The number of phenols is 1. The Morgan fingerprint density at radius 3 is 2.89 bits per heavy atom. The van der Waals surface area contributed by atoms with E-state index >= 15 is 0 Å². The summed E-state index contributed by atoms with van der Waals surface area (Å²) in [5, 5.41) is 9.33. The van der Waals surface area contributed by atoms with Crippen molar-refractivity contribution in [1.82, 2.24) is 9.55 Å². The van der Waals surface area contributed by atoms with Crippen LogP contribution in [0, 0.1) is 5.92 Å². The van der Waals surface area contributed by atoms with Crippen LogP contribution in [0.4, 0.5) is 0 Å². The largest absolute Gasteiger partial charge is 0.508 e. The minimum absolute atomic E-state index is 0.142. The molecule has 4 heteroatoms. The van der Waals surface area contributed by atoms with Crippen molar-refractivity contribution in [3.05, 3.63) is 48.5 Å². The van der Waals surface area contributed by atoms with E-state index in [0.717, 1.165) is 31.6 Å². The molecule has 0 aliphatic carbocycles. The second kappa shape index (κ2) is 5.45. The van der Waals surface area contributed by atoms with Gasteiger partial charge < -0.3 is 14.4 Å². The minimum Gasteiger partial charge on any atom is -0.508 e. The highest BCUT2D eigenvalue weighted by Gasteiger charge is 2.24. The van der Waals surface area contributed by atoms with E-state index in [9.17, 15) is 5.11 Å². The van der Waals surface area contributed by atoms with Gasteiger partial charge >= 0.3 is 0 Å². The molecule has 1 saturated heterocycles. The van der Waals surface area contributed by atoms with Gasteiger partial charge in [-0.05, 0) is 36.5 Å². The molecule has 0 amide bonds. The number of imidazole rings is 1. The van der Waals surface area contributed by atoms with Crippen molar-refractivity contribution in [3.63, 3.8) is 0 Å². The van der Waals surface area contributed by atoms with Crippen molar-refractivity contribution in [3.8, 4) is 5.75 Å². The van der Waals surface area contributed by atoms with Gasteiger partial charge in [0.2, 0.25) is 0 Å². The third kappa shape index (κ3) is 2.96. The van der Waals surface area contributed by atoms with Crippen molar-refractivity contribution in [2.45, 2.75) is 25.5 Å². The van der Waals surface area contributed by atoms with Crippen molar-refractivity contribution in [2.24, 2.45) is 5.92 Å². The quantitative estimate of drug-likeness (QED) is 0.920. The first-order chi connectivity index (χ1) is 9.31. The number of ether oxygens (including phenoxy) is 1. The zero-order chi connectivity index (χ0) is 13.1. The molecule has 1 aromatic carbocycles. The summed E-state index contributed by atoms with van der Waals surface area (Å²) < 4.78 is 7.98. The number of benzene rings is 1. The maximum Gasteiger partial charge on any atom is 0.115 e. The fourth-order valence-electron chi connectivity index (χ4n) is 2.65. The van der Waals surface area contributed by atoms with Gasteiger partial charge in [0.15, 0.2) is 0 Å². The van der Waals surface area contributed by atoms with Crippen LogP contribution in [0.5, 0.6) is 5.75 Å². The van der Waals surface area contributed by atoms with Gasteiger partial charge in [-0.2, -0.15) is 0 Å². The molecule has 0 bridgehead atoms. The average Bonchev–Trinajstić information content (AvgIpc) is 2.93. The van der Waals surface area contributed by atoms with Crippen molar-refractivity contribution in [2.75, 3.05) is 6.61 Å². The van der Waals surface area contributed by atoms with Crippen LogP contribution in [0.25, 0.3) is 0 Å². The maximum atomic E-state index is 9.33. The first-order valence-corrected chi connectivity index (χ1v) is 6.67. The zero-order valence-electron chi connectivity index (χ0n) is 10.8. The van der Waals surface area contributed by atoms with Crippen molar-refractivity contribution < 1.29 is 9.84 Å². The first-order valence-electron chi connectivity index (χ1n) is 6.67. The molecular formula is C15H18N2O2. The fraction of sp³-hybridized carbons (Fsp3) is 0.400. The van der Waals surface area contributed by atoms with E-state index in [2.05, 4.69) is 9.55 Å². The van der Waals surface area contributed by atoms with Gasteiger partial charge in [0.25, 0.3) is 0 Å². The molecule has 0 spiro atoms. The third-order valence-corrected chi connectivity index (χ3v) is 3.69. The van der Waals surface area contributed by atoms with Crippen LogP contribution in [-0.4, -0.2) is 21.3 Å². The number of aromatic nitrogens is 2. The molecule has 1 aliphatic heterocycles. The van der Waals surface area contributed by atoms with E-state index in [-0.39, 0.29) is 6.10 Å². The summed E-state index contributed by atoms with van der Waals surface area (Å²) in [6.07, 6.45) is 7.94. The molecule has 1 aliphatic rings. The molecular weight excluding hydrogens is 240 g/mol. The van der Waals surface area contributed by atoms with Gasteiger partial charge in [0.1, 0.15) is 5.75 Å². The molecule has 0 radical (unpaired) electrons. The molecule has 100 valence electrons. The summed E-state index contributed by atoms with van der Waals surface area (Å²) in [6.45, 7) is 1.79. The lowest BCUT2D eigenvalue weighted by Crippen LogP contribution is -2.23. The second-order valence-electron chi connectivity index (χ2n) is 5.10. The number of phenolic OH excluding ortho intramolecular Hbond substituents is 1. The molecule has 1 N–H and O–H groups in total. The van der Waals surface area contributed by atoms with Crippen LogP contribution in [0.15, 0.2) is 43.0 Å². The summed E-state index contributed by atoms with van der Waals surface area (Å²) in [4.78, 5) is 4.08. The summed E-state index contributed by atoms with van der Waals surface area (Å²) >= 11 is 0. The predicted molar refractivity (Wildman–Crippen MR) is 71.8 cm³/mol. The minimum atomic E-state index is 0.142. The highest BCUT2D eigenvalue weighted by atomic mass is 16.5. The SMILES string of the molecule is Oc1ccc(C2CC(Cn3ccnc3)CCO2)cc1. The Labute approximate surface area is 112 Å². The maximum absolute atomic E-state index is 9.33. The van der Waals surface area contributed by atoms with E-state index in [1.54, 1.807) is 12.1 Å². The number of rotatable bonds is 3. The highest BCUT2D eigenvalue weighted by Crippen LogP contribution is 2.33. The van der Waals surface area contributed by atoms with Gasteiger partial charge in [0, 0.05) is 25.5 Å². The smallest absolute Gasteiger partial charge is 0.115 e. The van der Waals surface area contributed by atoms with Gasteiger partial charge in [-0.15, -0.1) is 0 Å². The Morgan fingerprint density at radius 1 is 1.32 bits per heavy atom. The summed E-state index contributed by atoms with van der Waals surface area (Å²) in [7, 11) is 0. The molecule has 2 atom stereocenters. The second-order valence-corrected chi connectivity index (χ2v) is 5.10. The Bertz CT molecular complexity index is 507. The molecule has 0 saturated carbocycles.